The van der Waals surface area contributed by atoms with Gasteiger partial charge < -0.3 is 5.11 Å². The highest BCUT2D eigenvalue weighted by atomic mass is 35.6. The maximum absolute atomic E-state index is 11.1. The molecule has 0 bridgehead atoms. The highest BCUT2D eigenvalue weighted by molar-refractivity contribution is 7.82. The largest absolute Gasteiger partial charge is 0.400 e. The minimum Gasteiger partial charge on any atom is -0.386 e. The van der Waals surface area contributed by atoms with Crippen molar-refractivity contribution in [3.05, 3.63) is 0 Å². The van der Waals surface area contributed by atoms with Crippen LogP contribution in [0.3, 0.4) is 0 Å². The maximum atomic E-state index is 11.1. The molecule has 0 aromatic rings. The zero-order chi connectivity index (χ0) is 13.6. The van der Waals surface area contributed by atoms with E-state index in [2.05, 4.69) is 8.37 Å². The second kappa shape index (κ2) is 5.16. The predicted molar refractivity (Wildman–Crippen MR) is 65.3 cm³/mol. The Morgan fingerprint density at radius 2 is 1.53 bits per heavy atom. The van der Waals surface area contributed by atoms with Gasteiger partial charge in [0.05, 0.1) is 0 Å². The number of aliphatic hydroxyl groups is 1. The van der Waals surface area contributed by atoms with Crippen LogP contribution < -0.4 is 0 Å². The lowest BCUT2D eigenvalue weighted by atomic mass is 10.1. The third-order valence-electron chi connectivity index (χ3n) is 1.72. The van der Waals surface area contributed by atoms with Gasteiger partial charge in [0.1, 0.15) is 12.2 Å². The first-order valence-corrected chi connectivity index (χ1v) is 7.38. The third kappa shape index (κ3) is 4.27. The van der Waals surface area contributed by atoms with E-state index < -0.39 is 36.3 Å². The molecule has 102 valence electrons. The standard InChI is InChI=1S/C5H4Cl6O5S/c6-4(7,8)2(12)1-3(5(9,10)11)16-17(13,14)15-1/h1-3,12H. The molecule has 17 heavy (non-hydrogen) atoms. The van der Waals surface area contributed by atoms with Crippen molar-refractivity contribution < 1.29 is 21.9 Å². The number of alkyl halides is 6. The summed E-state index contributed by atoms with van der Waals surface area (Å²) in [4.78, 5) is 0. The second-order valence-electron chi connectivity index (χ2n) is 3.01. The third-order valence-corrected chi connectivity index (χ3v) is 3.93. The van der Waals surface area contributed by atoms with Crippen LogP contribution in [0.4, 0.5) is 0 Å². The molecule has 5 nitrogen and oxygen atoms in total. The molecule has 0 spiro atoms. The average Bonchev–Trinajstić information content (AvgIpc) is 2.37. The molecule has 0 radical (unpaired) electrons. The predicted octanol–water partition coefficient (Wildman–Crippen LogP) is 2.12. The van der Waals surface area contributed by atoms with Crippen molar-refractivity contribution in [1.82, 2.24) is 0 Å². The molecular formula is C5H4Cl6O5S. The Morgan fingerprint density at radius 1 is 1.06 bits per heavy atom. The van der Waals surface area contributed by atoms with Gasteiger partial charge in [-0.1, -0.05) is 69.6 Å². The molecule has 1 fully saturated rings. The summed E-state index contributed by atoms with van der Waals surface area (Å²) in [5.74, 6) is 0. The molecule has 12 heteroatoms. The number of aliphatic hydroxyl groups excluding tert-OH is 1. The number of halogens is 6. The van der Waals surface area contributed by atoms with Gasteiger partial charge in [-0.2, -0.15) is 8.42 Å². The average molecular weight is 389 g/mol. The molecule has 0 aromatic carbocycles. The van der Waals surface area contributed by atoms with Gasteiger partial charge in [-0.3, -0.25) is 0 Å². The van der Waals surface area contributed by atoms with Crippen LogP contribution in [0.25, 0.3) is 0 Å². The quantitative estimate of drug-likeness (QED) is 0.696. The number of hydrogen-bond acceptors (Lipinski definition) is 5. The Hall–Kier alpha value is 1.57. The van der Waals surface area contributed by atoms with Gasteiger partial charge in [-0.25, -0.2) is 8.37 Å². The monoisotopic (exact) mass is 386 g/mol. The van der Waals surface area contributed by atoms with Gasteiger partial charge in [-0.05, 0) is 0 Å². The molecule has 1 saturated heterocycles. The van der Waals surface area contributed by atoms with Gasteiger partial charge in [0.15, 0.2) is 6.10 Å². The highest BCUT2D eigenvalue weighted by Gasteiger charge is 2.57. The van der Waals surface area contributed by atoms with Crippen molar-refractivity contribution in [2.45, 2.75) is 25.9 Å². The normalized spacial score (nSPS) is 31.5. The van der Waals surface area contributed by atoms with Crippen molar-refractivity contribution >= 4 is 80.0 Å². The fraction of sp³-hybridized carbons (Fsp3) is 1.00. The minimum atomic E-state index is -4.42. The topological polar surface area (TPSA) is 72.8 Å². The smallest absolute Gasteiger partial charge is 0.386 e. The first-order valence-electron chi connectivity index (χ1n) is 3.77. The van der Waals surface area contributed by atoms with Crippen LogP contribution in [0.2, 0.25) is 0 Å². The van der Waals surface area contributed by atoms with E-state index in [-0.39, 0.29) is 0 Å². The zero-order valence-electron chi connectivity index (χ0n) is 7.49. The van der Waals surface area contributed by atoms with E-state index in [1.165, 1.54) is 0 Å². The second-order valence-corrected chi connectivity index (χ2v) is 8.95. The van der Waals surface area contributed by atoms with Crippen molar-refractivity contribution in [2.75, 3.05) is 0 Å². The van der Waals surface area contributed by atoms with E-state index in [1.54, 1.807) is 0 Å². The van der Waals surface area contributed by atoms with Crippen LogP contribution in [0.15, 0.2) is 0 Å². The van der Waals surface area contributed by atoms with Gasteiger partial charge in [0.25, 0.3) is 0 Å². The van der Waals surface area contributed by atoms with Gasteiger partial charge in [0, 0.05) is 0 Å². The lowest BCUT2D eigenvalue weighted by Crippen LogP contribution is -2.47. The summed E-state index contributed by atoms with van der Waals surface area (Å²) in [6.45, 7) is 0. The van der Waals surface area contributed by atoms with E-state index in [1.807, 2.05) is 0 Å². The van der Waals surface area contributed by atoms with Gasteiger partial charge in [0.2, 0.25) is 7.59 Å². The zero-order valence-corrected chi connectivity index (χ0v) is 12.8. The lowest BCUT2D eigenvalue weighted by molar-refractivity contribution is 0.0225. The SMILES string of the molecule is O=S1(=O)OC(C(O)C(Cl)(Cl)Cl)C(C(Cl)(Cl)Cl)O1. The Labute approximate surface area is 127 Å². The van der Waals surface area contributed by atoms with E-state index in [0.717, 1.165) is 0 Å². The fourth-order valence-corrected chi connectivity index (χ4v) is 3.10. The lowest BCUT2D eigenvalue weighted by Gasteiger charge is -2.28. The summed E-state index contributed by atoms with van der Waals surface area (Å²) >= 11 is 32.6. The highest BCUT2D eigenvalue weighted by Crippen LogP contribution is 2.44. The fourth-order valence-electron chi connectivity index (χ4n) is 1.04. The van der Waals surface area contributed by atoms with Crippen LogP contribution in [-0.2, 0) is 18.8 Å². The molecule has 0 aliphatic carbocycles. The number of hydrogen-bond donors (Lipinski definition) is 1. The summed E-state index contributed by atoms with van der Waals surface area (Å²) < 4.78 is 26.4. The van der Waals surface area contributed by atoms with Crippen LogP contribution in [0, 0.1) is 0 Å². The molecule has 3 unspecified atom stereocenters. The van der Waals surface area contributed by atoms with E-state index in [4.69, 9.17) is 69.6 Å². The first-order chi connectivity index (χ1) is 7.34. The summed E-state index contributed by atoms with van der Waals surface area (Å²) in [6.07, 6.45) is -5.16. The van der Waals surface area contributed by atoms with Gasteiger partial charge in [-0.15, -0.1) is 0 Å². The maximum Gasteiger partial charge on any atom is 0.400 e. The van der Waals surface area contributed by atoms with Crippen LogP contribution in [0.5, 0.6) is 0 Å². The molecule has 1 heterocycles. The van der Waals surface area contributed by atoms with E-state index in [0.29, 0.717) is 0 Å². The molecule has 0 amide bonds. The first kappa shape index (κ1) is 16.6. The Morgan fingerprint density at radius 3 is 1.88 bits per heavy atom. The Balaban J connectivity index is 3.05. The van der Waals surface area contributed by atoms with Gasteiger partial charge >= 0.3 is 10.4 Å². The summed E-state index contributed by atoms with van der Waals surface area (Å²) in [6, 6.07) is 0. The van der Waals surface area contributed by atoms with E-state index in [9.17, 15) is 13.5 Å². The summed E-state index contributed by atoms with van der Waals surface area (Å²) in [5.41, 5.74) is 0. The minimum absolute atomic E-state index is 1.64. The van der Waals surface area contributed by atoms with Crippen molar-refractivity contribution in [3.8, 4) is 0 Å². The van der Waals surface area contributed by atoms with Crippen LogP contribution >= 0.6 is 69.6 Å². The molecule has 1 aliphatic heterocycles. The Bertz CT molecular complexity index is 385. The number of rotatable bonds is 1. The van der Waals surface area contributed by atoms with Crippen molar-refractivity contribution in [1.29, 1.82) is 0 Å². The molecule has 1 rings (SSSR count). The van der Waals surface area contributed by atoms with E-state index >= 15 is 0 Å². The molecule has 1 aliphatic rings. The molecular weight excluding hydrogens is 385 g/mol. The molecule has 1 N–H and O–H groups in total. The summed E-state index contributed by atoms with van der Waals surface area (Å²) in [5, 5.41) is 9.61. The summed E-state index contributed by atoms with van der Waals surface area (Å²) in [7, 11) is -4.42. The Kier molecular flexibility index (Phi) is 5.05. The van der Waals surface area contributed by atoms with Crippen LogP contribution in [0.1, 0.15) is 0 Å². The van der Waals surface area contributed by atoms with Crippen LogP contribution in [-0.4, -0.2) is 39.4 Å². The van der Waals surface area contributed by atoms with Crippen molar-refractivity contribution in [3.63, 3.8) is 0 Å². The molecule has 0 saturated carbocycles. The molecule has 0 aromatic heterocycles. The molecule has 3 atom stereocenters. The van der Waals surface area contributed by atoms with Crippen molar-refractivity contribution in [2.24, 2.45) is 0 Å².